The van der Waals surface area contributed by atoms with Crippen LogP contribution >= 0.6 is 0 Å². The van der Waals surface area contributed by atoms with Crippen LogP contribution in [0.4, 0.5) is 4.39 Å². The van der Waals surface area contributed by atoms with Gasteiger partial charge < -0.3 is 4.74 Å². The second-order valence-corrected chi connectivity index (χ2v) is 9.47. The molecular weight excluding hydrogens is 383 g/mol. The lowest BCUT2D eigenvalue weighted by molar-refractivity contribution is 0.228. The smallest absolute Gasteiger partial charge is 0.123 e. The molecule has 31 heavy (non-hydrogen) atoms. The first-order valence-corrected chi connectivity index (χ1v) is 12.7. The van der Waals surface area contributed by atoms with Gasteiger partial charge in [0.1, 0.15) is 11.6 Å². The summed E-state index contributed by atoms with van der Waals surface area (Å²) < 4.78 is 19.0. The van der Waals surface area contributed by atoms with E-state index in [-0.39, 0.29) is 5.82 Å². The summed E-state index contributed by atoms with van der Waals surface area (Å²) in [7, 11) is 0. The lowest BCUT2D eigenvalue weighted by atomic mass is 9.78. The third-order valence-electron chi connectivity index (χ3n) is 6.99. The molecule has 1 nitrogen and oxygen atoms in total. The van der Waals surface area contributed by atoms with Gasteiger partial charge >= 0.3 is 0 Å². The summed E-state index contributed by atoms with van der Waals surface area (Å²) in [4.78, 5) is 0. The molecule has 0 aromatic heterocycles. The largest absolute Gasteiger partial charge is 0.494 e. The van der Waals surface area contributed by atoms with Gasteiger partial charge in [0.15, 0.2) is 0 Å². The highest BCUT2D eigenvalue weighted by molar-refractivity contribution is 5.63. The van der Waals surface area contributed by atoms with E-state index >= 15 is 0 Å². The lowest BCUT2D eigenvalue weighted by Gasteiger charge is -2.28. The Hall–Kier alpha value is -1.83. The van der Waals surface area contributed by atoms with Crippen molar-refractivity contribution >= 4 is 0 Å². The number of hydrogen-bond donors (Lipinski definition) is 0. The second-order valence-electron chi connectivity index (χ2n) is 9.47. The molecule has 170 valence electrons. The maximum absolute atomic E-state index is 13.1. The molecule has 0 N–H and O–H groups in total. The average Bonchev–Trinajstić information content (AvgIpc) is 2.81. The first-order valence-electron chi connectivity index (χ1n) is 12.7. The minimum Gasteiger partial charge on any atom is -0.494 e. The number of ether oxygens (including phenoxy) is 1. The fourth-order valence-corrected chi connectivity index (χ4v) is 4.97. The highest BCUT2D eigenvalue weighted by Gasteiger charge is 2.20. The van der Waals surface area contributed by atoms with E-state index in [0.717, 1.165) is 41.7 Å². The van der Waals surface area contributed by atoms with Crippen LogP contribution in [0.2, 0.25) is 0 Å². The van der Waals surface area contributed by atoms with Gasteiger partial charge in [0.05, 0.1) is 6.61 Å². The van der Waals surface area contributed by atoms with Crippen LogP contribution in [-0.2, 0) is 0 Å². The fourth-order valence-electron chi connectivity index (χ4n) is 4.97. The minimum atomic E-state index is -0.199. The van der Waals surface area contributed by atoms with E-state index in [9.17, 15) is 4.39 Å². The maximum atomic E-state index is 13.1. The van der Waals surface area contributed by atoms with Crippen molar-refractivity contribution in [3.63, 3.8) is 0 Å². The predicted molar refractivity (Wildman–Crippen MR) is 130 cm³/mol. The third kappa shape index (κ3) is 8.67. The van der Waals surface area contributed by atoms with Crippen LogP contribution in [0.3, 0.4) is 0 Å². The molecule has 0 radical (unpaired) electrons. The monoisotopic (exact) mass is 424 g/mol. The first-order chi connectivity index (χ1) is 15.2. The molecule has 1 aliphatic carbocycles. The van der Waals surface area contributed by atoms with Crippen LogP contribution in [-0.4, -0.2) is 6.61 Å². The molecule has 0 bridgehead atoms. The van der Waals surface area contributed by atoms with Gasteiger partial charge in [0.2, 0.25) is 0 Å². The molecule has 0 unspecified atom stereocenters. The van der Waals surface area contributed by atoms with Gasteiger partial charge in [0, 0.05) is 0 Å². The van der Waals surface area contributed by atoms with Crippen LogP contribution in [0.5, 0.6) is 5.75 Å². The molecule has 0 saturated heterocycles. The third-order valence-corrected chi connectivity index (χ3v) is 6.99. The average molecular weight is 425 g/mol. The Morgan fingerprint density at radius 1 is 0.677 bits per heavy atom. The SMILES string of the molecule is CCCCCCCCC1CCC(CCCOc2ccc(-c3ccc(F)cc3)cc2)CC1. The van der Waals surface area contributed by atoms with Gasteiger partial charge in [-0.2, -0.15) is 0 Å². The maximum Gasteiger partial charge on any atom is 0.123 e. The molecule has 1 aliphatic rings. The Morgan fingerprint density at radius 2 is 1.19 bits per heavy atom. The highest BCUT2D eigenvalue weighted by Crippen LogP contribution is 2.34. The van der Waals surface area contributed by atoms with Gasteiger partial charge in [-0.15, -0.1) is 0 Å². The van der Waals surface area contributed by atoms with Crippen molar-refractivity contribution in [2.75, 3.05) is 6.61 Å². The Labute approximate surface area is 189 Å². The number of hydrogen-bond acceptors (Lipinski definition) is 1. The fraction of sp³-hybridized carbons (Fsp3) is 0.586. The van der Waals surface area contributed by atoms with Gasteiger partial charge in [-0.05, 0) is 60.1 Å². The normalized spacial score (nSPS) is 18.8. The zero-order valence-electron chi connectivity index (χ0n) is 19.5. The standard InChI is InChI=1S/C29H41FO/c1-2-3-4-5-6-7-9-24-11-13-25(14-12-24)10-8-23-31-29-21-17-27(18-22-29)26-15-19-28(30)20-16-26/h15-22,24-25H,2-14,23H2,1H3. The summed E-state index contributed by atoms with van der Waals surface area (Å²) in [6, 6.07) is 14.8. The predicted octanol–water partition coefficient (Wildman–Crippen LogP) is 9.21. The Bertz CT molecular complexity index is 713. The van der Waals surface area contributed by atoms with E-state index < -0.39 is 0 Å². The molecule has 2 aromatic rings. The van der Waals surface area contributed by atoms with Gasteiger partial charge in [-0.1, -0.05) is 102 Å². The molecule has 0 amide bonds. The Balaban J connectivity index is 1.25. The molecule has 1 fully saturated rings. The molecule has 0 heterocycles. The van der Waals surface area contributed by atoms with Gasteiger partial charge in [-0.25, -0.2) is 4.39 Å². The van der Waals surface area contributed by atoms with Crippen LogP contribution in [0.1, 0.15) is 90.4 Å². The van der Waals surface area contributed by atoms with Crippen molar-refractivity contribution in [3.8, 4) is 16.9 Å². The summed E-state index contributed by atoms with van der Waals surface area (Å²) >= 11 is 0. The summed E-state index contributed by atoms with van der Waals surface area (Å²) in [5.74, 6) is 2.63. The molecule has 3 rings (SSSR count). The van der Waals surface area contributed by atoms with Crippen LogP contribution < -0.4 is 4.74 Å². The van der Waals surface area contributed by atoms with Crippen LogP contribution in [0.15, 0.2) is 48.5 Å². The quantitative estimate of drug-likeness (QED) is 0.291. The lowest BCUT2D eigenvalue weighted by Crippen LogP contribution is -2.15. The molecular formula is C29H41FO. The number of halogens is 1. The number of rotatable bonds is 13. The zero-order chi connectivity index (χ0) is 21.7. The molecule has 0 spiro atoms. The van der Waals surface area contributed by atoms with E-state index in [1.165, 1.54) is 89.2 Å². The van der Waals surface area contributed by atoms with Gasteiger partial charge in [0.25, 0.3) is 0 Å². The summed E-state index contributed by atoms with van der Waals surface area (Å²) in [5.41, 5.74) is 2.12. The van der Waals surface area contributed by atoms with Crippen molar-refractivity contribution in [2.45, 2.75) is 90.4 Å². The molecule has 2 heteroatoms. The number of benzene rings is 2. The van der Waals surface area contributed by atoms with Crippen molar-refractivity contribution < 1.29 is 9.13 Å². The zero-order valence-corrected chi connectivity index (χ0v) is 19.5. The summed E-state index contributed by atoms with van der Waals surface area (Å²) in [5, 5.41) is 0. The van der Waals surface area contributed by atoms with Crippen molar-refractivity contribution in [1.82, 2.24) is 0 Å². The van der Waals surface area contributed by atoms with Crippen molar-refractivity contribution in [1.29, 1.82) is 0 Å². The van der Waals surface area contributed by atoms with E-state index in [1.807, 2.05) is 36.4 Å². The molecule has 0 aliphatic heterocycles. The minimum absolute atomic E-state index is 0.199. The summed E-state index contributed by atoms with van der Waals surface area (Å²) in [6.07, 6.45) is 18.2. The van der Waals surface area contributed by atoms with E-state index in [4.69, 9.17) is 4.74 Å². The molecule has 0 atom stereocenters. The van der Waals surface area contributed by atoms with Crippen LogP contribution in [0.25, 0.3) is 11.1 Å². The van der Waals surface area contributed by atoms with Crippen LogP contribution in [0, 0.1) is 17.7 Å². The Kier molecular flexibility index (Phi) is 10.4. The second kappa shape index (κ2) is 13.6. The molecule has 2 aromatic carbocycles. The highest BCUT2D eigenvalue weighted by atomic mass is 19.1. The Morgan fingerprint density at radius 3 is 1.81 bits per heavy atom. The molecule has 1 saturated carbocycles. The van der Waals surface area contributed by atoms with E-state index in [0.29, 0.717) is 0 Å². The van der Waals surface area contributed by atoms with Crippen molar-refractivity contribution in [2.24, 2.45) is 11.8 Å². The van der Waals surface area contributed by atoms with E-state index in [2.05, 4.69) is 6.92 Å². The van der Waals surface area contributed by atoms with Crippen molar-refractivity contribution in [3.05, 3.63) is 54.3 Å². The first kappa shape index (κ1) is 23.8. The topological polar surface area (TPSA) is 9.23 Å². The number of unbranched alkanes of at least 4 members (excludes halogenated alkanes) is 5. The van der Waals surface area contributed by atoms with Gasteiger partial charge in [-0.3, -0.25) is 0 Å². The van der Waals surface area contributed by atoms with E-state index in [1.54, 1.807) is 0 Å². The summed E-state index contributed by atoms with van der Waals surface area (Å²) in [6.45, 7) is 3.09.